The monoisotopic (exact) mass is 311 g/mol. The van der Waals surface area contributed by atoms with Crippen molar-refractivity contribution in [2.24, 2.45) is 0 Å². The zero-order valence-corrected chi connectivity index (χ0v) is 14.0. The Morgan fingerprint density at radius 2 is 2.00 bits per heavy atom. The summed E-state index contributed by atoms with van der Waals surface area (Å²) in [6.45, 7) is 7.84. The van der Waals surface area contributed by atoms with Gasteiger partial charge in [-0.1, -0.05) is 0 Å². The molecule has 0 bridgehead atoms. The summed E-state index contributed by atoms with van der Waals surface area (Å²) < 4.78 is 5.44. The Labute approximate surface area is 132 Å². The van der Waals surface area contributed by atoms with Crippen molar-refractivity contribution in [2.75, 3.05) is 19.6 Å². The van der Waals surface area contributed by atoms with Crippen molar-refractivity contribution in [1.29, 1.82) is 0 Å². The van der Waals surface area contributed by atoms with Gasteiger partial charge in [-0.3, -0.25) is 4.79 Å². The quantitative estimate of drug-likeness (QED) is 0.813. The third-order valence-electron chi connectivity index (χ3n) is 4.10. The smallest absolute Gasteiger partial charge is 0.410 e. The van der Waals surface area contributed by atoms with Gasteiger partial charge in [0.05, 0.1) is 6.04 Å². The maximum absolute atomic E-state index is 12.1. The Bertz CT molecular complexity index is 406. The molecule has 22 heavy (non-hydrogen) atoms. The molecule has 2 atom stereocenters. The normalized spacial score (nSPS) is 27.0. The lowest BCUT2D eigenvalue weighted by molar-refractivity contribution is -0.124. The van der Waals surface area contributed by atoms with Crippen LogP contribution >= 0.6 is 0 Å². The third kappa shape index (κ3) is 5.16. The van der Waals surface area contributed by atoms with Crippen LogP contribution in [0.1, 0.15) is 52.9 Å². The predicted molar refractivity (Wildman–Crippen MR) is 84.6 cm³/mol. The van der Waals surface area contributed by atoms with Crippen LogP contribution in [0.5, 0.6) is 0 Å². The minimum Gasteiger partial charge on any atom is -0.444 e. The molecule has 2 fully saturated rings. The fraction of sp³-hybridized carbons (Fsp3) is 0.875. The van der Waals surface area contributed by atoms with Crippen LogP contribution in [0.3, 0.4) is 0 Å². The fourth-order valence-corrected chi connectivity index (χ4v) is 2.99. The molecule has 2 aliphatic heterocycles. The minimum atomic E-state index is -0.457. The predicted octanol–water partition coefficient (Wildman–Crippen LogP) is 1.64. The van der Waals surface area contributed by atoms with Gasteiger partial charge in [0.2, 0.25) is 5.91 Å². The van der Waals surface area contributed by atoms with E-state index in [1.54, 1.807) is 4.90 Å². The molecule has 0 aromatic carbocycles. The van der Waals surface area contributed by atoms with Crippen molar-refractivity contribution in [3.8, 4) is 0 Å². The largest absolute Gasteiger partial charge is 0.444 e. The van der Waals surface area contributed by atoms with E-state index < -0.39 is 5.60 Å². The van der Waals surface area contributed by atoms with Crippen LogP contribution in [-0.4, -0.2) is 54.2 Å². The molecule has 0 radical (unpaired) electrons. The van der Waals surface area contributed by atoms with Crippen molar-refractivity contribution in [2.45, 2.75) is 70.6 Å². The second kappa shape index (κ2) is 7.31. The molecule has 0 aromatic heterocycles. The minimum absolute atomic E-state index is 0.0770. The van der Waals surface area contributed by atoms with E-state index in [1.807, 2.05) is 20.8 Å². The first kappa shape index (κ1) is 17.1. The van der Waals surface area contributed by atoms with E-state index in [0.717, 1.165) is 45.2 Å². The van der Waals surface area contributed by atoms with E-state index in [1.165, 1.54) is 0 Å². The van der Waals surface area contributed by atoms with Gasteiger partial charge in [0.15, 0.2) is 0 Å². The molecule has 2 amide bonds. The highest BCUT2D eigenvalue weighted by Crippen LogP contribution is 2.17. The zero-order chi connectivity index (χ0) is 16.2. The summed E-state index contributed by atoms with van der Waals surface area (Å²) in [6.07, 6.45) is 4.49. The first-order chi connectivity index (χ1) is 10.3. The number of amides is 2. The highest BCUT2D eigenvalue weighted by Gasteiger charge is 2.28. The Balaban J connectivity index is 1.82. The van der Waals surface area contributed by atoms with Gasteiger partial charge < -0.3 is 20.3 Å². The molecule has 2 heterocycles. The van der Waals surface area contributed by atoms with Crippen LogP contribution in [0.2, 0.25) is 0 Å². The van der Waals surface area contributed by atoms with Crippen molar-refractivity contribution in [3.63, 3.8) is 0 Å². The van der Waals surface area contributed by atoms with Crippen molar-refractivity contribution in [1.82, 2.24) is 15.5 Å². The van der Waals surface area contributed by atoms with Gasteiger partial charge in [0.1, 0.15) is 5.60 Å². The molecule has 6 heteroatoms. The molecule has 2 aliphatic rings. The summed E-state index contributed by atoms with van der Waals surface area (Å²) in [7, 11) is 0. The molecular weight excluding hydrogens is 282 g/mol. The molecule has 2 N–H and O–H groups in total. The lowest BCUT2D eigenvalue weighted by Crippen LogP contribution is -2.51. The van der Waals surface area contributed by atoms with Gasteiger partial charge in [-0.25, -0.2) is 4.79 Å². The van der Waals surface area contributed by atoms with Gasteiger partial charge in [-0.05, 0) is 52.9 Å². The number of carbonyl (C=O) groups excluding carboxylic acids is 2. The number of piperidine rings is 1. The molecule has 0 spiro atoms. The standard InChI is InChI=1S/C16H29N3O3/c1-16(2,3)22-15(21)19-10-5-6-12(8-11-19)18-13-7-4-9-17-14(13)20/h12-13,18H,4-11H2,1-3H3,(H,17,20). The van der Waals surface area contributed by atoms with Crippen LogP contribution in [0.4, 0.5) is 4.79 Å². The summed E-state index contributed by atoms with van der Waals surface area (Å²) in [5.74, 6) is 0.111. The van der Waals surface area contributed by atoms with Gasteiger partial charge in [-0.15, -0.1) is 0 Å². The van der Waals surface area contributed by atoms with E-state index in [9.17, 15) is 9.59 Å². The summed E-state index contributed by atoms with van der Waals surface area (Å²) >= 11 is 0. The number of hydrogen-bond donors (Lipinski definition) is 2. The molecule has 6 nitrogen and oxygen atoms in total. The number of rotatable bonds is 2. The second-order valence-corrected chi connectivity index (χ2v) is 7.25. The molecule has 0 aromatic rings. The van der Waals surface area contributed by atoms with Crippen LogP contribution in [0.15, 0.2) is 0 Å². The first-order valence-electron chi connectivity index (χ1n) is 8.37. The van der Waals surface area contributed by atoms with Gasteiger partial charge in [-0.2, -0.15) is 0 Å². The molecule has 126 valence electrons. The average molecular weight is 311 g/mol. The molecule has 0 saturated carbocycles. The Hall–Kier alpha value is -1.30. The number of hydrogen-bond acceptors (Lipinski definition) is 4. The number of nitrogens with zero attached hydrogens (tertiary/aromatic N) is 1. The molecule has 2 saturated heterocycles. The van der Waals surface area contributed by atoms with Crippen LogP contribution in [0, 0.1) is 0 Å². The number of likely N-dealkylation sites (tertiary alicyclic amines) is 1. The maximum Gasteiger partial charge on any atom is 0.410 e. The number of nitrogens with one attached hydrogen (secondary N) is 2. The first-order valence-corrected chi connectivity index (χ1v) is 8.37. The summed E-state index contributed by atoms with van der Waals surface area (Å²) in [5, 5.41) is 6.37. The second-order valence-electron chi connectivity index (χ2n) is 7.25. The van der Waals surface area contributed by atoms with E-state index >= 15 is 0 Å². The Morgan fingerprint density at radius 1 is 1.23 bits per heavy atom. The van der Waals surface area contributed by atoms with E-state index in [4.69, 9.17) is 4.74 Å². The van der Waals surface area contributed by atoms with E-state index in [-0.39, 0.29) is 18.0 Å². The summed E-state index contributed by atoms with van der Waals surface area (Å²) in [6, 6.07) is 0.216. The fourth-order valence-electron chi connectivity index (χ4n) is 2.99. The summed E-state index contributed by atoms with van der Waals surface area (Å²) in [5.41, 5.74) is -0.457. The molecule has 2 rings (SSSR count). The van der Waals surface area contributed by atoms with Gasteiger partial charge >= 0.3 is 6.09 Å². The highest BCUT2D eigenvalue weighted by molar-refractivity contribution is 5.82. The lowest BCUT2D eigenvalue weighted by Gasteiger charge is -2.28. The maximum atomic E-state index is 12.1. The van der Waals surface area contributed by atoms with Crippen LogP contribution < -0.4 is 10.6 Å². The number of carbonyl (C=O) groups is 2. The van der Waals surface area contributed by atoms with Gasteiger partial charge in [0, 0.05) is 25.7 Å². The Kier molecular flexibility index (Phi) is 5.67. The molecular formula is C16H29N3O3. The van der Waals surface area contributed by atoms with Gasteiger partial charge in [0.25, 0.3) is 0 Å². The topological polar surface area (TPSA) is 70.7 Å². The van der Waals surface area contributed by atoms with E-state index in [2.05, 4.69) is 10.6 Å². The third-order valence-corrected chi connectivity index (χ3v) is 4.10. The SMILES string of the molecule is CC(C)(C)OC(=O)N1CCCC(NC2CCCNC2=O)CC1. The van der Waals surface area contributed by atoms with E-state index in [0.29, 0.717) is 12.6 Å². The number of ether oxygens (including phenoxy) is 1. The molecule has 0 aliphatic carbocycles. The summed E-state index contributed by atoms with van der Waals surface area (Å²) in [4.78, 5) is 25.7. The molecule has 2 unspecified atom stereocenters. The highest BCUT2D eigenvalue weighted by atomic mass is 16.6. The van der Waals surface area contributed by atoms with Crippen molar-refractivity contribution < 1.29 is 14.3 Å². The Morgan fingerprint density at radius 3 is 2.68 bits per heavy atom. The van der Waals surface area contributed by atoms with Crippen molar-refractivity contribution in [3.05, 3.63) is 0 Å². The van der Waals surface area contributed by atoms with Crippen LogP contribution in [-0.2, 0) is 9.53 Å². The lowest BCUT2D eigenvalue weighted by atomic mass is 10.0. The average Bonchev–Trinajstić information content (AvgIpc) is 2.65. The van der Waals surface area contributed by atoms with Crippen LogP contribution in [0.25, 0.3) is 0 Å². The van der Waals surface area contributed by atoms with Crippen molar-refractivity contribution >= 4 is 12.0 Å². The zero-order valence-electron chi connectivity index (χ0n) is 14.0.